The van der Waals surface area contributed by atoms with Crippen molar-refractivity contribution in [2.45, 2.75) is 32.7 Å². The fraction of sp³-hybridized carbons (Fsp3) is 0.381. The van der Waals surface area contributed by atoms with E-state index in [1.165, 1.54) is 7.11 Å². The van der Waals surface area contributed by atoms with E-state index in [1.54, 1.807) is 25.4 Å². The van der Waals surface area contributed by atoms with Gasteiger partial charge in [-0.05, 0) is 37.5 Å². The zero-order valence-electron chi connectivity index (χ0n) is 16.7. The fourth-order valence-electron chi connectivity index (χ4n) is 3.66. The van der Waals surface area contributed by atoms with Gasteiger partial charge >= 0.3 is 0 Å². The summed E-state index contributed by atoms with van der Waals surface area (Å²) in [7, 11) is 1.51. The number of aliphatic imine (C=N–C) groups is 2. The first-order valence-electron chi connectivity index (χ1n) is 9.68. The second kappa shape index (κ2) is 7.62. The van der Waals surface area contributed by atoms with E-state index in [4.69, 9.17) is 14.1 Å². The minimum Gasteiger partial charge on any atom is -0.504 e. The number of phenolic OH excluding ortho intramolecular Hbond substituents is 1. The maximum atomic E-state index is 12.9. The molecule has 0 saturated heterocycles. The first kappa shape index (κ1) is 19.0. The Labute approximate surface area is 168 Å². The number of nitrogens with one attached hydrogen (secondary N) is 1. The van der Waals surface area contributed by atoms with Crippen LogP contribution in [0.1, 0.15) is 40.6 Å². The highest BCUT2D eigenvalue weighted by Gasteiger charge is 2.35. The van der Waals surface area contributed by atoms with Crippen molar-refractivity contribution >= 4 is 24.0 Å². The summed E-state index contributed by atoms with van der Waals surface area (Å²) in [5.74, 6) is 1.99. The van der Waals surface area contributed by atoms with Crippen LogP contribution < -0.4 is 10.1 Å². The van der Waals surface area contributed by atoms with Gasteiger partial charge in [-0.15, -0.1) is 0 Å². The lowest BCUT2D eigenvalue weighted by Crippen LogP contribution is -2.33. The Morgan fingerprint density at radius 2 is 2.28 bits per heavy atom. The van der Waals surface area contributed by atoms with E-state index in [2.05, 4.69) is 17.2 Å². The Morgan fingerprint density at radius 3 is 3.00 bits per heavy atom. The second-order valence-electron chi connectivity index (χ2n) is 7.14. The van der Waals surface area contributed by atoms with Gasteiger partial charge in [0.25, 0.3) is 5.91 Å². The molecule has 3 heterocycles. The van der Waals surface area contributed by atoms with Crippen LogP contribution in [0.5, 0.6) is 11.5 Å². The fourth-order valence-corrected chi connectivity index (χ4v) is 3.66. The normalized spacial score (nSPS) is 17.0. The van der Waals surface area contributed by atoms with Crippen molar-refractivity contribution in [3.8, 4) is 11.5 Å². The number of aromatic hydroxyl groups is 1. The third-order valence-corrected chi connectivity index (χ3v) is 5.23. The smallest absolute Gasteiger partial charge is 0.255 e. The Kier molecular flexibility index (Phi) is 5.00. The number of amides is 1. The molecule has 0 spiro atoms. The molecule has 4 rings (SSSR count). The molecule has 152 valence electrons. The van der Waals surface area contributed by atoms with Crippen LogP contribution in [0.25, 0.3) is 0 Å². The lowest BCUT2D eigenvalue weighted by atomic mass is 10.1. The van der Waals surface area contributed by atoms with Crippen LogP contribution in [0.3, 0.4) is 0 Å². The molecule has 29 heavy (non-hydrogen) atoms. The van der Waals surface area contributed by atoms with Gasteiger partial charge in [-0.25, -0.2) is 4.99 Å². The zero-order valence-corrected chi connectivity index (χ0v) is 16.7. The van der Waals surface area contributed by atoms with E-state index in [9.17, 15) is 9.90 Å². The number of hydrogen-bond donors (Lipinski definition) is 2. The number of ether oxygens (including phenoxy) is 1. The first-order chi connectivity index (χ1) is 14.0. The molecule has 1 aromatic heterocycles. The number of amidine groups is 1. The Bertz CT molecular complexity index is 1010. The van der Waals surface area contributed by atoms with Gasteiger partial charge in [0.05, 0.1) is 24.3 Å². The molecule has 0 aliphatic carbocycles. The molecule has 2 aliphatic heterocycles. The summed E-state index contributed by atoms with van der Waals surface area (Å²) < 4.78 is 10.8. The van der Waals surface area contributed by atoms with E-state index in [1.807, 2.05) is 11.0 Å². The van der Waals surface area contributed by atoms with Crippen LogP contribution in [-0.4, -0.2) is 54.3 Å². The van der Waals surface area contributed by atoms with Crippen molar-refractivity contribution in [2.24, 2.45) is 9.98 Å². The number of hydrogen-bond acceptors (Lipinski definition) is 7. The maximum Gasteiger partial charge on any atom is 0.255 e. The van der Waals surface area contributed by atoms with Gasteiger partial charge in [-0.1, -0.05) is 13.0 Å². The van der Waals surface area contributed by atoms with E-state index in [0.29, 0.717) is 41.5 Å². The number of phenols is 1. The van der Waals surface area contributed by atoms with Gasteiger partial charge in [0, 0.05) is 13.1 Å². The molecular weight excluding hydrogens is 372 g/mol. The average molecular weight is 396 g/mol. The molecule has 1 amide bonds. The van der Waals surface area contributed by atoms with Crippen LogP contribution in [0.2, 0.25) is 0 Å². The van der Waals surface area contributed by atoms with Crippen molar-refractivity contribution in [2.75, 3.05) is 20.2 Å². The third-order valence-electron chi connectivity index (χ3n) is 5.23. The van der Waals surface area contributed by atoms with Crippen LogP contribution >= 0.6 is 0 Å². The van der Waals surface area contributed by atoms with Gasteiger partial charge in [-0.3, -0.25) is 9.79 Å². The second-order valence-corrected chi connectivity index (χ2v) is 7.14. The minimum atomic E-state index is -0.218. The van der Waals surface area contributed by atoms with Gasteiger partial charge in [-0.2, -0.15) is 0 Å². The molecule has 1 unspecified atom stereocenters. The summed E-state index contributed by atoms with van der Waals surface area (Å²) in [6.45, 7) is 5.04. The van der Waals surface area contributed by atoms with E-state index >= 15 is 0 Å². The van der Waals surface area contributed by atoms with Crippen molar-refractivity contribution in [1.29, 1.82) is 0 Å². The van der Waals surface area contributed by atoms with E-state index in [-0.39, 0.29) is 17.7 Å². The number of rotatable bonds is 6. The monoisotopic (exact) mass is 396 g/mol. The molecule has 0 bridgehead atoms. The topological polar surface area (TPSA) is 99.7 Å². The SMILES string of the molecule is CCC1CN2C=Nc3oc(C)c(C(=O)NCCc4ccc(OC)c(O)c4)c3C2=N1. The van der Waals surface area contributed by atoms with Crippen molar-refractivity contribution in [3.63, 3.8) is 0 Å². The average Bonchev–Trinajstić information content (AvgIpc) is 3.27. The molecule has 0 saturated carbocycles. The standard InChI is InChI=1S/C21H24N4O4/c1-4-14-10-25-11-23-21-18(19(25)24-14)17(12(2)29-21)20(27)22-8-7-13-5-6-16(28-3)15(26)9-13/h5-6,9,11,14,26H,4,7-8,10H2,1-3H3,(H,22,27). The molecule has 0 fully saturated rings. The quantitative estimate of drug-likeness (QED) is 0.782. The highest BCUT2D eigenvalue weighted by atomic mass is 16.5. The first-order valence-corrected chi connectivity index (χ1v) is 9.68. The third kappa shape index (κ3) is 3.46. The number of carbonyl (C=O) groups excluding carboxylic acids is 1. The molecule has 1 aromatic carbocycles. The van der Waals surface area contributed by atoms with Crippen molar-refractivity contribution in [1.82, 2.24) is 10.2 Å². The van der Waals surface area contributed by atoms with Gasteiger partial charge in [0.1, 0.15) is 17.9 Å². The minimum absolute atomic E-state index is 0.0822. The molecular formula is C21H24N4O4. The number of carbonyl (C=O) groups is 1. The van der Waals surface area contributed by atoms with Gasteiger partial charge in [0.15, 0.2) is 11.5 Å². The van der Waals surface area contributed by atoms with Gasteiger partial charge < -0.3 is 24.5 Å². The molecule has 2 N–H and O–H groups in total. The summed E-state index contributed by atoms with van der Waals surface area (Å²) >= 11 is 0. The number of methoxy groups -OCH3 is 1. The Morgan fingerprint density at radius 1 is 1.45 bits per heavy atom. The summed E-state index contributed by atoms with van der Waals surface area (Å²) in [5.41, 5.74) is 2.05. The molecule has 0 radical (unpaired) electrons. The highest BCUT2D eigenvalue weighted by Crippen LogP contribution is 2.35. The van der Waals surface area contributed by atoms with Crippen molar-refractivity contribution < 1.29 is 19.1 Å². The van der Waals surface area contributed by atoms with Crippen LogP contribution in [-0.2, 0) is 6.42 Å². The van der Waals surface area contributed by atoms with E-state index in [0.717, 1.165) is 24.4 Å². The Balaban J connectivity index is 1.50. The van der Waals surface area contributed by atoms with E-state index < -0.39 is 0 Å². The number of benzene rings is 1. The van der Waals surface area contributed by atoms with Crippen molar-refractivity contribution in [3.05, 3.63) is 40.6 Å². The number of fused-ring (bicyclic) bond motifs is 3. The van der Waals surface area contributed by atoms with Crippen LogP contribution in [0, 0.1) is 6.92 Å². The highest BCUT2D eigenvalue weighted by molar-refractivity contribution is 6.17. The lowest BCUT2D eigenvalue weighted by Gasteiger charge is -2.18. The summed E-state index contributed by atoms with van der Waals surface area (Å²) in [4.78, 5) is 24.0. The number of aryl methyl sites for hydroxylation is 1. The van der Waals surface area contributed by atoms with Crippen LogP contribution in [0.15, 0.2) is 32.6 Å². The Hall–Kier alpha value is -3.29. The molecule has 2 aliphatic rings. The molecule has 1 atom stereocenters. The predicted octanol–water partition coefficient (Wildman–Crippen LogP) is 2.79. The summed E-state index contributed by atoms with van der Waals surface area (Å²) in [5, 5.41) is 12.8. The molecule has 2 aromatic rings. The predicted molar refractivity (Wildman–Crippen MR) is 110 cm³/mol. The molecule has 8 nitrogen and oxygen atoms in total. The number of furan rings is 1. The molecule has 8 heteroatoms. The number of nitrogens with zero attached hydrogens (tertiary/aromatic N) is 3. The van der Waals surface area contributed by atoms with Gasteiger partial charge in [0.2, 0.25) is 5.88 Å². The van der Waals surface area contributed by atoms with Crippen LogP contribution in [0.4, 0.5) is 5.88 Å². The lowest BCUT2D eigenvalue weighted by molar-refractivity contribution is 0.0952. The zero-order chi connectivity index (χ0) is 20.5. The largest absolute Gasteiger partial charge is 0.504 e. The summed E-state index contributed by atoms with van der Waals surface area (Å²) in [6.07, 6.45) is 3.22. The summed E-state index contributed by atoms with van der Waals surface area (Å²) in [6, 6.07) is 5.40. The maximum absolute atomic E-state index is 12.9.